The molecule has 1 fully saturated rings. The van der Waals surface area contributed by atoms with E-state index in [0.29, 0.717) is 12.3 Å². The molecule has 1 aromatic rings. The molecule has 0 unspecified atom stereocenters. The lowest BCUT2D eigenvalue weighted by molar-refractivity contribution is 0.0928. The number of thiophene rings is 1. The number of ketones is 1. The van der Waals surface area contributed by atoms with Crippen molar-refractivity contribution in [2.24, 2.45) is 0 Å². The molecule has 1 saturated heterocycles. The van der Waals surface area contributed by atoms with Crippen molar-refractivity contribution >= 4 is 17.1 Å². The van der Waals surface area contributed by atoms with Crippen LogP contribution in [0, 0.1) is 6.92 Å². The number of Topliss-reactive ketones (excluding diaryl/α,β-unsaturated/α-hetero) is 1. The molecule has 0 atom stereocenters. The minimum atomic E-state index is 0.295. The minimum Gasteiger partial charge on any atom is -0.296 e. The molecule has 3 heteroatoms. The monoisotopic (exact) mass is 251 g/mol. The van der Waals surface area contributed by atoms with Crippen molar-refractivity contribution in [2.45, 2.75) is 39.0 Å². The highest BCUT2D eigenvalue weighted by atomic mass is 32.1. The van der Waals surface area contributed by atoms with Crippen LogP contribution in [0.5, 0.6) is 0 Å². The van der Waals surface area contributed by atoms with E-state index in [-0.39, 0.29) is 0 Å². The second-order valence-corrected chi connectivity index (χ2v) is 6.17. The van der Waals surface area contributed by atoms with Gasteiger partial charge in [0, 0.05) is 4.88 Å². The molecule has 0 radical (unpaired) electrons. The zero-order valence-corrected chi connectivity index (χ0v) is 11.4. The van der Waals surface area contributed by atoms with E-state index in [1.807, 2.05) is 12.1 Å². The maximum Gasteiger partial charge on any atom is 0.186 e. The normalized spacial score (nSPS) is 18.6. The third-order valence-electron chi connectivity index (χ3n) is 3.33. The lowest BCUT2D eigenvalue weighted by Gasteiger charge is -2.23. The highest BCUT2D eigenvalue weighted by Gasteiger charge is 2.14. The van der Waals surface area contributed by atoms with E-state index in [9.17, 15) is 4.79 Å². The Labute approximate surface area is 108 Å². The van der Waals surface area contributed by atoms with E-state index in [2.05, 4.69) is 11.8 Å². The number of likely N-dealkylation sites (tertiary alicyclic amines) is 1. The van der Waals surface area contributed by atoms with Crippen molar-refractivity contribution in [3.8, 4) is 0 Å². The van der Waals surface area contributed by atoms with Crippen LogP contribution >= 0.6 is 11.3 Å². The molecular formula is C14H21NOS. The highest BCUT2D eigenvalue weighted by molar-refractivity contribution is 7.14. The summed E-state index contributed by atoms with van der Waals surface area (Å²) in [6, 6.07) is 4.00. The molecular weight excluding hydrogens is 230 g/mol. The summed E-state index contributed by atoms with van der Waals surface area (Å²) in [4.78, 5) is 16.6. The summed E-state index contributed by atoms with van der Waals surface area (Å²) >= 11 is 1.62. The van der Waals surface area contributed by atoms with Crippen LogP contribution in [0.15, 0.2) is 12.1 Å². The van der Waals surface area contributed by atoms with Gasteiger partial charge < -0.3 is 0 Å². The molecule has 1 aliphatic rings. The van der Waals surface area contributed by atoms with E-state index in [4.69, 9.17) is 0 Å². The maximum atomic E-state index is 12.1. The Bertz CT molecular complexity index is 364. The van der Waals surface area contributed by atoms with Gasteiger partial charge in [-0.1, -0.05) is 19.3 Å². The largest absolute Gasteiger partial charge is 0.296 e. The number of nitrogens with zero attached hydrogens (tertiary/aromatic N) is 1. The number of rotatable bonds is 3. The number of hydrogen-bond acceptors (Lipinski definition) is 3. The number of carbonyl (C=O) groups is 1. The summed E-state index contributed by atoms with van der Waals surface area (Å²) in [6.45, 7) is 4.85. The van der Waals surface area contributed by atoms with E-state index in [1.54, 1.807) is 11.3 Å². The van der Waals surface area contributed by atoms with E-state index < -0.39 is 0 Å². The molecule has 1 aliphatic heterocycles. The van der Waals surface area contributed by atoms with Crippen molar-refractivity contribution in [1.29, 1.82) is 0 Å². The predicted octanol–water partition coefficient (Wildman–Crippen LogP) is 3.51. The standard InChI is InChI=1S/C14H21NOS/c1-12-7-8-14(17-12)13(16)11-15-9-5-3-2-4-6-10-15/h7-8H,2-6,9-11H2,1H3. The first-order valence-corrected chi connectivity index (χ1v) is 7.39. The van der Waals surface area contributed by atoms with E-state index in [0.717, 1.165) is 18.0 Å². The van der Waals surface area contributed by atoms with Crippen LogP contribution in [0.1, 0.15) is 46.7 Å². The molecule has 2 nitrogen and oxygen atoms in total. The third-order valence-corrected chi connectivity index (χ3v) is 4.37. The van der Waals surface area contributed by atoms with Gasteiger partial charge in [-0.25, -0.2) is 0 Å². The molecule has 2 rings (SSSR count). The molecule has 0 amide bonds. The number of aryl methyl sites for hydroxylation is 1. The van der Waals surface area contributed by atoms with Gasteiger partial charge in [-0.15, -0.1) is 11.3 Å². The first-order chi connectivity index (χ1) is 8.25. The second kappa shape index (κ2) is 6.31. The van der Waals surface area contributed by atoms with Crippen molar-refractivity contribution in [1.82, 2.24) is 4.90 Å². The quantitative estimate of drug-likeness (QED) is 0.766. The highest BCUT2D eigenvalue weighted by Crippen LogP contribution is 2.17. The summed E-state index contributed by atoms with van der Waals surface area (Å²) in [7, 11) is 0. The topological polar surface area (TPSA) is 20.3 Å². The summed E-state index contributed by atoms with van der Waals surface area (Å²) in [5.41, 5.74) is 0. The van der Waals surface area contributed by atoms with Gasteiger partial charge in [0.2, 0.25) is 0 Å². The zero-order valence-electron chi connectivity index (χ0n) is 10.6. The Morgan fingerprint density at radius 1 is 1.18 bits per heavy atom. The van der Waals surface area contributed by atoms with Crippen LogP contribution < -0.4 is 0 Å². The summed E-state index contributed by atoms with van der Waals surface area (Å²) in [6.07, 6.45) is 6.50. The molecule has 0 bridgehead atoms. The van der Waals surface area contributed by atoms with Gasteiger partial charge in [0.05, 0.1) is 11.4 Å². The lowest BCUT2D eigenvalue weighted by Crippen LogP contribution is -2.32. The summed E-state index contributed by atoms with van der Waals surface area (Å²) in [5.74, 6) is 0.295. The molecule has 0 spiro atoms. The third kappa shape index (κ3) is 3.93. The van der Waals surface area contributed by atoms with E-state index >= 15 is 0 Å². The van der Waals surface area contributed by atoms with Gasteiger partial charge in [-0.3, -0.25) is 9.69 Å². The molecule has 17 heavy (non-hydrogen) atoms. The minimum absolute atomic E-state index is 0.295. The Morgan fingerprint density at radius 2 is 1.82 bits per heavy atom. The molecule has 0 saturated carbocycles. The fourth-order valence-corrected chi connectivity index (χ4v) is 3.13. The van der Waals surface area contributed by atoms with Crippen molar-refractivity contribution in [2.75, 3.05) is 19.6 Å². The van der Waals surface area contributed by atoms with Gasteiger partial charge in [0.1, 0.15) is 0 Å². The van der Waals surface area contributed by atoms with Crippen LogP contribution in [-0.2, 0) is 0 Å². The average molecular weight is 251 g/mol. The van der Waals surface area contributed by atoms with Gasteiger partial charge in [0.15, 0.2) is 5.78 Å². The predicted molar refractivity (Wildman–Crippen MR) is 72.9 cm³/mol. The number of carbonyl (C=O) groups excluding carboxylic acids is 1. The Kier molecular flexibility index (Phi) is 4.75. The fraction of sp³-hybridized carbons (Fsp3) is 0.643. The van der Waals surface area contributed by atoms with Crippen molar-refractivity contribution in [3.63, 3.8) is 0 Å². The summed E-state index contributed by atoms with van der Waals surface area (Å²) < 4.78 is 0. The molecule has 2 heterocycles. The second-order valence-electron chi connectivity index (χ2n) is 4.88. The maximum absolute atomic E-state index is 12.1. The first-order valence-electron chi connectivity index (χ1n) is 6.58. The van der Waals surface area contributed by atoms with Gasteiger partial charge in [-0.2, -0.15) is 0 Å². The number of hydrogen-bond donors (Lipinski definition) is 0. The molecule has 0 aromatic carbocycles. The smallest absolute Gasteiger partial charge is 0.186 e. The van der Waals surface area contributed by atoms with Crippen LogP contribution in [0.2, 0.25) is 0 Å². The average Bonchev–Trinajstić information content (AvgIpc) is 2.68. The Morgan fingerprint density at radius 3 is 2.41 bits per heavy atom. The van der Waals surface area contributed by atoms with Gasteiger partial charge in [-0.05, 0) is 45.0 Å². The fourth-order valence-electron chi connectivity index (χ4n) is 2.34. The van der Waals surface area contributed by atoms with Crippen molar-refractivity contribution < 1.29 is 4.79 Å². The van der Waals surface area contributed by atoms with Crippen molar-refractivity contribution in [3.05, 3.63) is 21.9 Å². The van der Waals surface area contributed by atoms with Crippen LogP contribution in [-0.4, -0.2) is 30.3 Å². The van der Waals surface area contributed by atoms with Crippen LogP contribution in [0.4, 0.5) is 0 Å². The Hall–Kier alpha value is -0.670. The Balaban J connectivity index is 1.88. The lowest BCUT2D eigenvalue weighted by atomic mass is 10.1. The van der Waals surface area contributed by atoms with Gasteiger partial charge >= 0.3 is 0 Å². The molecule has 94 valence electrons. The zero-order chi connectivity index (χ0) is 12.1. The summed E-state index contributed by atoms with van der Waals surface area (Å²) in [5, 5.41) is 0. The first kappa shape index (κ1) is 12.8. The van der Waals surface area contributed by atoms with Crippen LogP contribution in [0.25, 0.3) is 0 Å². The molecule has 0 N–H and O–H groups in total. The van der Waals surface area contributed by atoms with E-state index in [1.165, 1.54) is 37.0 Å². The molecule has 1 aromatic heterocycles. The molecule has 0 aliphatic carbocycles. The SMILES string of the molecule is Cc1ccc(C(=O)CN2CCCCCCC2)s1. The van der Waals surface area contributed by atoms with Crippen LogP contribution in [0.3, 0.4) is 0 Å². The van der Waals surface area contributed by atoms with Gasteiger partial charge in [0.25, 0.3) is 0 Å².